The third kappa shape index (κ3) is 5.20. The second-order valence-electron chi connectivity index (χ2n) is 5.46. The number of benzene rings is 2. The van der Waals surface area contributed by atoms with Crippen molar-refractivity contribution in [3.63, 3.8) is 0 Å². The van der Waals surface area contributed by atoms with Crippen molar-refractivity contribution in [2.75, 3.05) is 29.6 Å². The van der Waals surface area contributed by atoms with Gasteiger partial charge in [-0.25, -0.2) is 4.39 Å². The molecule has 0 fully saturated rings. The second kappa shape index (κ2) is 8.14. The van der Waals surface area contributed by atoms with Crippen molar-refractivity contribution in [2.45, 2.75) is 13.8 Å². The predicted molar refractivity (Wildman–Crippen MR) is 95.6 cm³/mol. The molecule has 0 aliphatic carbocycles. The molecule has 0 heterocycles. The lowest BCUT2D eigenvalue weighted by Crippen LogP contribution is -2.22. The van der Waals surface area contributed by atoms with Gasteiger partial charge in [-0.3, -0.25) is 9.59 Å². The number of halogens is 1. The summed E-state index contributed by atoms with van der Waals surface area (Å²) in [4.78, 5) is 23.3. The van der Waals surface area contributed by atoms with E-state index in [4.69, 9.17) is 4.74 Å². The minimum atomic E-state index is -0.377. The first-order chi connectivity index (χ1) is 11.9. The Labute approximate surface area is 145 Å². The molecule has 0 bridgehead atoms. The van der Waals surface area contributed by atoms with E-state index in [2.05, 4.69) is 16.0 Å². The quantitative estimate of drug-likeness (QED) is 0.751. The molecule has 0 unspecified atom stereocenters. The van der Waals surface area contributed by atoms with Crippen molar-refractivity contribution >= 4 is 28.9 Å². The zero-order valence-corrected chi connectivity index (χ0v) is 14.3. The van der Waals surface area contributed by atoms with Crippen molar-refractivity contribution in [1.29, 1.82) is 0 Å². The minimum absolute atomic E-state index is 0.0438. The fourth-order valence-corrected chi connectivity index (χ4v) is 2.24. The van der Waals surface area contributed by atoms with Crippen LogP contribution in [0.1, 0.15) is 12.5 Å². The first-order valence-electron chi connectivity index (χ1n) is 7.64. The molecule has 0 atom stereocenters. The molecule has 2 aromatic carbocycles. The van der Waals surface area contributed by atoms with Crippen molar-refractivity contribution in [1.82, 2.24) is 0 Å². The van der Waals surface area contributed by atoms with E-state index in [1.54, 1.807) is 24.3 Å². The van der Waals surface area contributed by atoms with E-state index >= 15 is 0 Å². The number of hydrogen-bond donors (Lipinski definition) is 3. The van der Waals surface area contributed by atoms with Crippen LogP contribution in [0, 0.1) is 12.7 Å². The number of nitrogens with one attached hydrogen (secondary N) is 3. The number of carbonyl (C=O) groups excluding carboxylic acids is 2. The Balaban J connectivity index is 2.06. The molecule has 0 saturated carbocycles. The molecule has 2 amide bonds. The smallest absolute Gasteiger partial charge is 0.243 e. The maximum absolute atomic E-state index is 13.3. The highest BCUT2D eigenvalue weighted by Crippen LogP contribution is 2.27. The lowest BCUT2D eigenvalue weighted by molar-refractivity contribution is -0.115. The average Bonchev–Trinajstić information content (AvgIpc) is 2.55. The summed E-state index contributed by atoms with van der Waals surface area (Å²) >= 11 is 0. The summed E-state index contributed by atoms with van der Waals surface area (Å²) in [5, 5.41) is 8.24. The molecular weight excluding hydrogens is 325 g/mol. The van der Waals surface area contributed by atoms with E-state index in [9.17, 15) is 14.0 Å². The highest BCUT2D eigenvalue weighted by atomic mass is 19.1. The summed E-state index contributed by atoms with van der Waals surface area (Å²) in [6.45, 7) is 3.17. The van der Waals surface area contributed by atoms with Crippen molar-refractivity contribution < 1.29 is 18.7 Å². The zero-order chi connectivity index (χ0) is 18.4. The Morgan fingerprint density at radius 2 is 1.84 bits per heavy atom. The van der Waals surface area contributed by atoms with E-state index in [1.807, 2.05) is 6.92 Å². The molecule has 0 spiro atoms. The first-order valence-corrected chi connectivity index (χ1v) is 7.64. The second-order valence-corrected chi connectivity index (χ2v) is 5.46. The Morgan fingerprint density at radius 3 is 2.52 bits per heavy atom. The summed E-state index contributed by atoms with van der Waals surface area (Å²) in [6, 6.07) is 9.25. The molecule has 6 nitrogen and oxygen atoms in total. The molecule has 0 aliphatic heterocycles. The van der Waals surface area contributed by atoms with Crippen molar-refractivity contribution in [3.8, 4) is 5.75 Å². The maximum Gasteiger partial charge on any atom is 0.243 e. The summed E-state index contributed by atoms with van der Waals surface area (Å²) in [6.07, 6.45) is 0. The molecule has 0 saturated heterocycles. The number of anilines is 3. The normalized spacial score (nSPS) is 10.1. The van der Waals surface area contributed by atoms with E-state index in [-0.39, 0.29) is 24.2 Å². The standard InChI is InChI=1S/C18H20FN3O3/c1-11-4-5-13(19)8-15(11)20-10-18(24)22-16-9-14(21-12(2)23)6-7-17(16)25-3/h4-9,20H,10H2,1-3H3,(H,21,23)(H,22,24). The van der Waals surface area contributed by atoms with E-state index in [1.165, 1.54) is 26.2 Å². The van der Waals surface area contributed by atoms with Crippen LogP contribution in [0.15, 0.2) is 36.4 Å². The summed E-state index contributed by atoms with van der Waals surface area (Å²) in [7, 11) is 1.48. The molecule has 0 radical (unpaired) electrons. The molecule has 0 aliphatic rings. The molecule has 0 aromatic heterocycles. The Hall–Kier alpha value is -3.09. The van der Waals surface area contributed by atoms with Crippen LogP contribution in [0.2, 0.25) is 0 Å². The van der Waals surface area contributed by atoms with Gasteiger partial charge in [-0.05, 0) is 42.8 Å². The predicted octanol–water partition coefficient (Wildman–Crippen LogP) is 3.15. The summed E-state index contributed by atoms with van der Waals surface area (Å²) in [5.74, 6) is -0.463. The number of aryl methyl sites for hydroxylation is 1. The number of methoxy groups -OCH3 is 1. The number of ether oxygens (including phenoxy) is 1. The fraction of sp³-hybridized carbons (Fsp3) is 0.222. The molecular formula is C18H20FN3O3. The molecule has 132 valence electrons. The van der Waals surface area contributed by atoms with Gasteiger partial charge in [-0.2, -0.15) is 0 Å². The van der Waals surface area contributed by atoms with Crippen LogP contribution in [-0.4, -0.2) is 25.5 Å². The van der Waals surface area contributed by atoms with Crippen LogP contribution in [0.3, 0.4) is 0 Å². The lowest BCUT2D eigenvalue weighted by Gasteiger charge is -2.13. The van der Waals surface area contributed by atoms with Gasteiger partial charge < -0.3 is 20.7 Å². The van der Waals surface area contributed by atoms with Gasteiger partial charge in [0.05, 0.1) is 19.3 Å². The number of carbonyl (C=O) groups is 2. The van der Waals surface area contributed by atoms with Crippen molar-refractivity contribution in [2.24, 2.45) is 0 Å². The Morgan fingerprint density at radius 1 is 1.08 bits per heavy atom. The van der Waals surface area contributed by atoms with E-state index in [0.717, 1.165) is 5.56 Å². The maximum atomic E-state index is 13.3. The third-order valence-electron chi connectivity index (χ3n) is 3.43. The lowest BCUT2D eigenvalue weighted by atomic mass is 10.2. The van der Waals surface area contributed by atoms with Crippen LogP contribution in [0.5, 0.6) is 5.75 Å². The van der Waals surface area contributed by atoms with Gasteiger partial charge in [-0.15, -0.1) is 0 Å². The van der Waals surface area contributed by atoms with Crippen LogP contribution < -0.4 is 20.7 Å². The summed E-state index contributed by atoms with van der Waals surface area (Å²) in [5.41, 5.74) is 2.35. The zero-order valence-electron chi connectivity index (χ0n) is 14.3. The van der Waals surface area contributed by atoms with Gasteiger partial charge in [0, 0.05) is 18.3 Å². The van der Waals surface area contributed by atoms with Crippen molar-refractivity contribution in [3.05, 3.63) is 47.8 Å². The fourth-order valence-electron chi connectivity index (χ4n) is 2.24. The largest absolute Gasteiger partial charge is 0.495 e. The highest BCUT2D eigenvalue weighted by Gasteiger charge is 2.10. The van der Waals surface area contributed by atoms with Gasteiger partial charge >= 0.3 is 0 Å². The summed E-state index contributed by atoms with van der Waals surface area (Å²) < 4.78 is 18.5. The third-order valence-corrected chi connectivity index (χ3v) is 3.43. The molecule has 7 heteroatoms. The Bertz CT molecular complexity index is 793. The number of amides is 2. The first kappa shape index (κ1) is 18.3. The monoisotopic (exact) mass is 345 g/mol. The Kier molecular flexibility index (Phi) is 5.94. The van der Waals surface area contributed by atoms with E-state index < -0.39 is 0 Å². The molecule has 25 heavy (non-hydrogen) atoms. The van der Waals surface area contributed by atoms with Gasteiger partial charge in [0.2, 0.25) is 11.8 Å². The van der Waals surface area contributed by atoms with Crippen LogP contribution in [0.4, 0.5) is 21.5 Å². The number of hydrogen-bond acceptors (Lipinski definition) is 4. The highest BCUT2D eigenvalue weighted by molar-refractivity contribution is 5.96. The van der Waals surface area contributed by atoms with Crippen LogP contribution in [0.25, 0.3) is 0 Å². The molecule has 3 N–H and O–H groups in total. The topological polar surface area (TPSA) is 79.5 Å². The average molecular weight is 345 g/mol. The van der Waals surface area contributed by atoms with Crippen LogP contribution in [-0.2, 0) is 9.59 Å². The minimum Gasteiger partial charge on any atom is -0.495 e. The molecule has 2 aromatic rings. The number of rotatable bonds is 6. The molecule has 2 rings (SSSR count). The van der Waals surface area contributed by atoms with Gasteiger partial charge in [0.1, 0.15) is 11.6 Å². The van der Waals surface area contributed by atoms with Gasteiger partial charge in [0.25, 0.3) is 0 Å². The van der Waals surface area contributed by atoms with Gasteiger partial charge in [0.15, 0.2) is 0 Å². The van der Waals surface area contributed by atoms with E-state index in [0.29, 0.717) is 22.8 Å². The SMILES string of the molecule is COc1ccc(NC(C)=O)cc1NC(=O)CNc1cc(F)ccc1C. The van der Waals surface area contributed by atoms with Gasteiger partial charge in [-0.1, -0.05) is 6.07 Å². The van der Waals surface area contributed by atoms with Crippen LogP contribution >= 0.6 is 0 Å².